The molecule has 1 saturated heterocycles. The first-order valence-electron chi connectivity index (χ1n) is 7.55. The van der Waals surface area contributed by atoms with Crippen LogP contribution in [-0.2, 0) is 0 Å². The summed E-state index contributed by atoms with van der Waals surface area (Å²) < 4.78 is 1.82. The zero-order valence-corrected chi connectivity index (χ0v) is 12.3. The Morgan fingerprint density at radius 2 is 2.29 bits per heavy atom. The number of carbonyl (C=O) groups is 1. The summed E-state index contributed by atoms with van der Waals surface area (Å²) in [6, 6.07) is 4.09. The van der Waals surface area contributed by atoms with Crippen molar-refractivity contribution in [1.29, 1.82) is 0 Å². The molecule has 1 unspecified atom stereocenters. The molecule has 2 aromatic rings. The van der Waals surface area contributed by atoms with Crippen LogP contribution in [0.5, 0.6) is 0 Å². The van der Waals surface area contributed by atoms with Gasteiger partial charge in [0.25, 0.3) is 5.91 Å². The van der Waals surface area contributed by atoms with Gasteiger partial charge in [-0.15, -0.1) is 0 Å². The van der Waals surface area contributed by atoms with Crippen molar-refractivity contribution in [1.82, 2.24) is 19.4 Å². The average Bonchev–Trinajstić information content (AvgIpc) is 3.09. The second-order valence-corrected chi connectivity index (χ2v) is 5.43. The minimum Gasteiger partial charge on any atom is -0.336 e. The smallest absolute Gasteiger partial charge is 0.255 e. The van der Waals surface area contributed by atoms with Gasteiger partial charge in [0.1, 0.15) is 12.1 Å². The summed E-state index contributed by atoms with van der Waals surface area (Å²) in [6.07, 6.45) is 11.4. The molecule has 3 heterocycles. The van der Waals surface area contributed by atoms with Crippen molar-refractivity contribution >= 4 is 5.91 Å². The standard InChI is InChI=1S/C16H20N4O/c1-2-14-5-3-4-9-20(14)16(21)13-6-7-15(18-11-13)19-10-8-17-12-19/h6-8,10-12,14H,2-5,9H2,1H3. The Bertz CT molecular complexity index is 591. The van der Waals surface area contributed by atoms with Gasteiger partial charge in [-0.1, -0.05) is 6.92 Å². The van der Waals surface area contributed by atoms with E-state index in [2.05, 4.69) is 16.9 Å². The van der Waals surface area contributed by atoms with Crippen molar-refractivity contribution in [2.45, 2.75) is 38.6 Å². The quantitative estimate of drug-likeness (QED) is 0.870. The Kier molecular flexibility index (Phi) is 3.99. The van der Waals surface area contributed by atoms with Gasteiger partial charge in [-0.3, -0.25) is 9.36 Å². The second-order valence-electron chi connectivity index (χ2n) is 5.43. The lowest BCUT2D eigenvalue weighted by Gasteiger charge is -2.35. The van der Waals surface area contributed by atoms with E-state index in [0.29, 0.717) is 11.6 Å². The number of amides is 1. The van der Waals surface area contributed by atoms with E-state index in [1.165, 1.54) is 6.42 Å². The van der Waals surface area contributed by atoms with Gasteiger partial charge in [0.2, 0.25) is 0 Å². The highest BCUT2D eigenvalue weighted by atomic mass is 16.2. The van der Waals surface area contributed by atoms with Crippen molar-refractivity contribution in [2.75, 3.05) is 6.54 Å². The molecule has 110 valence electrons. The Labute approximate surface area is 124 Å². The first-order chi connectivity index (χ1) is 10.3. The molecule has 0 aliphatic carbocycles. The zero-order valence-electron chi connectivity index (χ0n) is 12.3. The summed E-state index contributed by atoms with van der Waals surface area (Å²) in [6.45, 7) is 3.01. The molecule has 2 aromatic heterocycles. The first kappa shape index (κ1) is 13.8. The van der Waals surface area contributed by atoms with E-state index in [9.17, 15) is 4.79 Å². The maximum Gasteiger partial charge on any atom is 0.255 e. The van der Waals surface area contributed by atoms with E-state index in [4.69, 9.17) is 0 Å². The molecular weight excluding hydrogens is 264 g/mol. The topological polar surface area (TPSA) is 51.0 Å². The fourth-order valence-corrected chi connectivity index (χ4v) is 2.92. The van der Waals surface area contributed by atoms with Crippen LogP contribution in [0.15, 0.2) is 37.1 Å². The Morgan fingerprint density at radius 3 is 2.95 bits per heavy atom. The number of hydrogen-bond donors (Lipinski definition) is 0. The molecule has 5 heteroatoms. The number of pyridine rings is 1. The first-order valence-corrected chi connectivity index (χ1v) is 7.55. The molecule has 1 aliphatic heterocycles. The number of aromatic nitrogens is 3. The Morgan fingerprint density at radius 1 is 1.38 bits per heavy atom. The molecule has 0 N–H and O–H groups in total. The minimum atomic E-state index is 0.103. The monoisotopic (exact) mass is 284 g/mol. The van der Waals surface area contributed by atoms with Gasteiger partial charge in [-0.05, 0) is 37.8 Å². The molecule has 0 spiro atoms. The van der Waals surface area contributed by atoms with Crippen molar-refractivity contribution < 1.29 is 4.79 Å². The van der Waals surface area contributed by atoms with E-state index in [0.717, 1.165) is 31.6 Å². The predicted octanol–water partition coefficient (Wildman–Crippen LogP) is 2.67. The number of imidazole rings is 1. The van der Waals surface area contributed by atoms with Crippen molar-refractivity contribution in [3.63, 3.8) is 0 Å². The van der Waals surface area contributed by atoms with Gasteiger partial charge >= 0.3 is 0 Å². The van der Waals surface area contributed by atoms with Crippen LogP contribution in [0.3, 0.4) is 0 Å². The number of carbonyl (C=O) groups excluding carboxylic acids is 1. The van der Waals surface area contributed by atoms with Crippen LogP contribution in [-0.4, -0.2) is 37.9 Å². The summed E-state index contributed by atoms with van der Waals surface area (Å²) >= 11 is 0. The molecule has 1 aliphatic rings. The molecule has 3 rings (SSSR count). The summed E-state index contributed by atoms with van der Waals surface area (Å²) in [5, 5.41) is 0. The van der Waals surface area contributed by atoms with Crippen LogP contribution in [0, 0.1) is 0 Å². The van der Waals surface area contributed by atoms with Crippen LogP contribution >= 0.6 is 0 Å². The molecule has 1 atom stereocenters. The lowest BCUT2D eigenvalue weighted by Crippen LogP contribution is -2.43. The summed E-state index contributed by atoms with van der Waals surface area (Å²) in [5.74, 6) is 0.876. The van der Waals surface area contributed by atoms with Gasteiger partial charge in [-0.2, -0.15) is 0 Å². The number of piperidine rings is 1. The molecule has 5 nitrogen and oxygen atoms in total. The second kappa shape index (κ2) is 6.08. The maximum atomic E-state index is 12.6. The van der Waals surface area contributed by atoms with Gasteiger partial charge < -0.3 is 4.90 Å². The van der Waals surface area contributed by atoms with Gasteiger partial charge in [-0.25, -0.2) is 9.97 Å². The molecular formula is C16H20N4O. The fourth-order valence-electron chi connectivity index (χ4n) is 2.92. The van der Waals surface area contributed by atoms with Crippen LogP contribution < -0.4 is 0 Å². The van der Waals surface area contributed by atoms with Crippen LogP contribution in [0.1, 0.15) is 43.0 Å². The van der Waals surface area contributed by atoms with Crippen molar-refractivity contribution in [3.8, 4) is 5.82 Å². The highest BCUT2D eigenvalue weighted by Crippen LogP contribution is 2.21. The van der Waals surface area contributed by atoms with E-state index in [-0.39, 0.29) is 5.91 Å². The number of likely N-dealkylation sites (tertiary alicyclic amines) is 1. The molecule has 0 aromatic carbocycles. The molecule has 0 radical (unpaired) electrons. The zero-order chi connectivity index (χ0) is 14.7. The van der Waals surface area contributed by atoms with Crippen molar-refractivity contribution in [3.05, 3.63) is 42.6 Å². The van der Waals surface area contributed by atoms with E-state index >= 15 is 0 Å². The van der Waals surface area contributed by atoms with Crippen LogP contribution in [0.25, 0.3) is 5.82 Å². The average molecular weight is 284 g/mol. The van der Waals surface area contributed by atoms with Gasteiger partial charge in [0.05, 0.1) is 5.56 Å². The third-order valence-corrected chi connectivity index (χ3v) is 4.12. The third kappa shape index (κ3) is 2.82. The Balaban J connectivity index is 1.78. The van der Waals surface area contributed by atoms with Crippen LogP contribution in [0.2, 0.25) is 0 Å². The summed E-state index contributed by atoms with van der Waals surface area (Å²) in [7, 11) is 0. The molecule has 0 bridgehead atoms. The Hall–Kier alpha value is -2.17. The SMILES string of the molecule is CCC1CCCCN1C(=O)c1ccc(-n2ccnc2)nc1. The van der Waals surface area contributed by atoms with Crippen molar-refractivity contribution in [2.24, 2.45) is 0 Å². The third-order valence-electron chi connectivity index (χ3n) is 4.12. The minimum absolute atomic E-state index is 0.103. The van der Waals surface area contributed by atoms with Gasteiger partial charge in [0, 0.05) is 31.2 Å². The highest BCUT2D eigenvalue weighted by molar-refractivity contribution is 5.94. The lowest BCUT2D eigenvalue weighted by atomic mass is 9.99. The number of nitrogens with zero attached hydrogens (tertiary/aromatic N) is 4. The fraction of sp³-hybridized carbons (Fsp3) is 0.438. The van der Waals surface area contributed by atoms with E-state index < -0.39 is 0 Å². The van der Waals surface area contributed by atoms with Crippen LogP contribution in [0.4, 0.5) is 0 Å². The molecule has 0 saturated carbocycles. The lowest BCUT2D eigenvalue weighted by molar-refractivity contribution is 0.0607. The summed E-state index contributed by atoms with van der Waals surface area (Å²) in [5.41, 5.74) is 0.666. The van der Waals surface area contributed by atoms with E-state index in [1.807, 2.05) is 27.8 Å². The molecule has 1 amide bonds. The predicted molar refractivity (Wildman–Crippen MR) is 80.3 cm³/mol. The summed E-state index contributed by atoms with van der Waals surface area (Å²) in [4.78, 5) is 23.0. The molecule has 21 heavy (non-hydrogen) atoms. The largest absolute Gasteiger partial charge is 0.336 e. The maximum absolute atomic E-state index is 12.6. The number of hydrogen-bond acceptors (Lipinski definition) is 3. The number of rotatable bonds is 3. The van der Waals surface area contributed by atoms with Gasteiger partial charge in [0.15, 0.2) is 0 Å². The van der Waals surface area contributed by atoms with E-state index in [1.54, 1.807) is 18.7 Å². The molecule has 1 fully saturated rings. The normalized spacial score (nSPS) is 18.7. The highest BCUT2D eigenvalue weighted by Gasteiger charge is 2.26.